The Morgan fingerprint density at radius 3 is 2.83 bits per heavy atom. The number of rotatable bonds is 2. The minimum Gasteiger partial charge on any atom is -0.361 e. The maximum Gasteiger partial charge on any atom is 0.127 e. The van der Waals surface area contributed by atoms with Crippen molar-refractivity contribution in [3.63, 3.8) is 0 Å². The molecule has 92 valence electrons. The monoisotopic (exact) mass is 303 g/mol. The van der Waals surface area contributed by atoms with E-state index in [9.17, 15) is 0 Å². The zero-order chi connectivity index (χ0) is 12.7. The Bertz CT molecular complexity index is 709. The number of hydrogen-bond acceptors (Lipinski definition) is 1. The van der Waals surface area contributed by atoms with E-state index >= 15 is 0 Å². The SMILES string of the molecule is Cc1nc(Br)c(Cc2c[nH]c3ccccc23)n1C. The first-order valence-electron chi connectivity index (χ1n) is 5.89. The van der Waals surface area contributed by atoms with Crippen LogP contribution in [0.2, 0.25) is 0 Å². The number of nitrogens with one attached hydrogen (secondary N) is 1. The number of fused-ring (bicyclic) bond motifs is 1. The van der Waals surface area contributed by atoms with Crippen LogP contribution in [0.15, 0.2) is 35.1 Å². The lowest BCUT2D eigenvalue weighted by Crippen LogP contribution is -1.99. The second kappa shape index (κ2) is 4.28. The first-order chi connectivity index (χ1) is 8.66. The van der Waals surface area contributed by atoms with Gasteiger partial charge in [0.1, 0.15) is 10.4 Å². The highest BCUT2D eigenvalue weighted by Crippen LogP contribution is 2.24. The van der Waals surface area contributed by atoms with Gasteiger partial charge in [0.25, 0.3) is 0 Å². The van der Waals surface area contributed by atoms with Gasteiger partial charge in [0.15, 0.2) is 0 Å². The van der Waals surface area contributed by atoms with Crippen molar-refractivity contribution in [2.75, 3.05) is 0 Å². The zero-order valence-electron chi connectivity index (χ0n) is 10.4. The molecule has 1 N–H and O–H groups in total. The summed E-state index contributed by atoms with van der Waals surface area (Å²) >= 11 is 3.54. The molecule has 2 heterocycles. The molecule has 18 heavy (non-hydrogen) atoms. The maximum atomic E-state index is 4.44. The number of H-pyrrole nitrogens is 1. The molecular formula is C14H14BrN3. The molecule has 0 saturated heterocycles. The molecule has 0 aliphatic rings. The quantitative estimate of drug-likeness (QED) is 0.771. The molecule has 0 amide bonds. The molecule has 1 aromatic carbocycles. The van der Waals surface area contributed by atoms with E-state index < -0.39 is 0 Å². The van der Waals surface area contributed by atoms with Crippen LogP contribution in [0, 0.1) is 6.92 Å². The van der Waals surface area contributed by atoms with Gasteiger partial charge < -0.3 is 9.55 Å². The lowest BCUT2D eigenvalue weighted by Gasteiger charge is -2.03. The van der Waals surface area contributed by atoms with E-state index in [1.165, 1.54) is 22.2 Å². The molecule has 0 saturated carbocycles. The number of nitrogens with zero attached hydrogens (tertiary/aromatic N) is 2. The van der Waals surface area contributed by atoms with Crippen molar-refractivity contribution in [2.45, 2.75) is 13.3 Å². The van der Waals surface area contributed by atoms with Gasteiger partial charge in [-0.3, -0.25) is 0 Å². The average molecular weight is 304 g/mol. The van der Waals surface area contributed by atoms with E-state index in [1.54, 1.807) is 0 Å². The van der Waals surface area contributed by atoms with Gasteiger partial charge in [-0.25, -0.2) is 4.98 Å². The average Bonchev–Trinajstić information content (AvgIpc) is 2.87. The molecule has 0 atom stereocenters. The van der Waals surface area contributed by atoms with E-state index in [0.29, 0.717) is 0 Å². The Balaban J connectivity index is 2.07. The molecular weight excluding hydrogens is 290 g/mol. The Labute approximate surface area is 114 Å². The van der Waals surface area contributed by atoms with E-state index in [2.05, 4.69) is 61.9 Å². The summed E-state index contributed by atoms with van der Waals surface area (Å²) in [6.07, 6.45) is 2.96. The lowest BCUT2D eigenvalue weighted by atomic mass is 10.1. The van der Waals surface area contributed by atoms with Crippen LogP contribution in [-0.2, 0) is 13.5 Å². The molecule has 0 unspecified atom stereocenters. The zero-order valence-corrected chi connectivity index (χ0v) is 12.0. The van der Waals surface area contributed by atoms with Gasteiger partial charge in [0.05, 0.1) is 5.69 Å². The van der Waals surface area contributed by atoms with E-state index in [-0.39, 0.29) is 0 Å². The predicted molar refractivity (Wildman–Crippen MR) is 76.7 cm³/mol. The number of para-hydroxylation sites is 1. The van der Waals surface area contributed by atoms with E-state index in [4.69, 9.17) is 0 Å². The van der Waals surface area contributed by atoms with Crippen molar-refractivity contribution in [3.05, 3.63) is 52.1 Å². The van der Waals surface area contributed by atoms with Crippen LogP contribution < -0.4 is 0 Å². The summed E-state index contributed by atoms with van der Waals surface area (Å²) in [4.78, 5) is 7.75. The number of aromatic nitrogens is 3. The topological polar surface area (TPSA) is 33.6 Å². The van der Waals surface area contributed by atoms with Gasteiger partial charge in [-0.2, -0.15) is 0 Å². The van der Waals surface area contributed by atoms with Gasteiger partial charge in [-0.15, -0.1) is 0 Å². The van der Waals surface area contributed by atoms with Crippen LogP contribution in [0.5, 0.6) is 0 Å². The fraction of sp³-hybridized carbons (Fsp3) is 0.214. The Kier molecular flexibility index (Phi) is 2.74. The highest BCUT2D eigenvalue weighted by molar-refractivity contribution is 9.10. The van der Waals surface area contributed by atoms with Crippen molar-refractivity contribution in [1.29, 1.82) is 0 Å². The summed E-state index contributed by atoms with van der Waals surface area (Å²) in [7, 11) is 2.05. The summed E-state index contributed by atoms with van der Waals surface area (Å²) in [6, 6.07) is 8.37. The molecule has 0 spiro atoms. The fourth-order valence-corrected chi connectivity index (χ4v) is 2.93. The third kappa shape index (κ3) is 1.77. The molecule has 3 rings (SSSR count). The minimum absolute atomic E-state index is 0.877. The number of imidazole rings is 1. The lowest BCUT2D eigenvalue weighted by molar-refractivity contribution is 0.806. The summed E-state index contributed by atoms with van der Waals surface area (Å²) in [5, 5.41) is 1.28. The van der Waals surface area contributed by atoms with Crippen molar-refractivity contribution >= 4 is 26.8 Å². The van der Waals surface area contributed by atoms with Gasteiger partial charge >= 0.3 is 0 Å². The second-order valence-electron chi connectivity index (χ2n) is 4.49. The van der Waals surface area contributed by atoms with Crippen molar-refractivity contribution in [3.8, 4) is 0 Å². The molecule has 3 nitrogen and oxygen atoms in total. The number of benzene rings is 1. The number of hydrogen-bond donors (Lipinski definition) is 1. The number of aromatic amines is 1. The first-order valence-corrected chi connectivity index (χ1v) is 6.69. The third-order valence-electron chi connectivity index (χ3n) is 3.42. The fourth-order valence-electron chi connectivity index (χ4n) is 2.27. The molecule has 0 bridgehead atoms. The highest BCUT2D eigenvalue weighted by Gasteiger charge is 2.12. The molecule has 0 aliphatic carbocycles. The smallest absolute Gasteiger partial charge is 0.127 e. The normalized spacial score (nSPS) is 11.3. The molecule has 0 radical (unpaired) electrons. The van der Waals surface area contributed by atoms with Crippen molar-refractivity contribution in [2.24, 2.45) is 7.05 Å². The van der Waals surface area contributed by atoms with E-state index in [1.807, 2.05) is 13.0 Å². The highest BCUT2D eigenvalue weighted by atomic mass is 79.9. The second-order valence-corrected chi connectivity index (χ2v) is 5.24. The van der Waals surface area contributed by atoms with Crippen molar-refractivity contribution in [1.82, 2.24) is 14.5 Å². The molecule has 0 fully saturated rings. The number of aryl methyl sites for hydroxylation is 1. The van der Waals surface area contributed by atoms with Crippen LogP contribution in [0.25, 0.3) is 10.9 Å². The maximum absolute atomic E-state index is 4.44. The van der Waals surface area contributed by atoms with Crippen molar-refractivity contribution < 1.29 is 0 Å². The molecule has 0 aliphatic heterocycles. The van der Waals surface area contributed by atoms with Gasteiger partial charge in [-0.1, -0.05) is 18.2 Å². The molecule has 4 heteroatoms. The Morgan fingerprint density at radius 1 is 1.33 bits per heavy atom. The van der Waals surface area contributed by atoms with Gasteiger partial charge in [0, 0.05) is 30.6 Å². The van der Waals surface area contributed by atoms with Gasteiger partial charge in [0.2, 0.25) is 0 Å². The minimum atomic E-state index is 0.877. The third-order valence-corrected chi connectivity index (χ3v) is 4.06. The first kappa shape index (κ1) is 11.5. The van der Waals surface area contributed by atoms with Crippen LogP contribution in [-0.4, -0.2) is 14.5 Å². The molecule has 2 aromatic heterocycles. The van der Waals surface area contributed by atoms with Crippen LogP contribution >= 0.6 is 15.9 Å². The van der Waals surface area contributed by atoms with Gasteiger partial charge in [-0.05, 0) is 34.5 Å². The summed E-state index contributed by atoms with van der Waals surface area (Å²) in [5.74, 6) is 1.02. The molecule has 3 aromatic rings. The van der Waals surface area contributed by atoms with Crippen LogP contribution in [0.3, 0.4) is 0 Å². The van der Waals surface area contributed by atoms with Crippen LogP contribution in [0.4, 0.5) is 0 Å². The Hall–Kier alpha value is -1.55. The Morgan fingerprint density at radius 2 is 2.11 bits per heavy atom. The summed E-state index contributed by atoms with van der Waals surface area (Å²) in [6.45, 7) is 2.02. The summed E-state index contributed by atoms with van der Waals surface area (Å²) < 4.78 is 3.07. The summed E-state index contributed by atoms with van der Waals surface area (Å²) in [5.41, 5.74) is 3.69. The predicted octanol–water partition coefficient (Wildman–Crippen LogP) is 3.56. The number of halogens is 1. The van der Waals surface area contributed by atoms with Crippen LogP contribution in [0.1, 0.15) is 17.1 Å². The largest absolute Gasteiger partial charge is 0.361 e. The van der Waals surface area contributed by atoms with E-state index in [0.717, 1.165) is 16.8 Å². The standard InChI is InChI=1S/C14H14BrN3/c1-9-17-14(15)13(18(9)2)7-10-8-16-12-6-4-3-5-11(10)12/h3-6,8,16H,7H2,1-2H3.